The van der Waals surface area contributed by atoms with Crippen LogP contribution in [0.4, 0.5) is 0 Å². The maximum Gasteiger partial charge on any atom is 0.309 e. The fraction of sp³-hybridized carbons (Fsp3) is 0.567. The second-order valence-corrected chi connectivity index (χ2v) is 9.42. The number of hydrogen-bond acceptors (Lipinski definition) is 4. The average Bonchev–Trinajstić information content (AvgIpc) is 2.87. The molecule has 2 aromatic carbocycles. The zero-order valence-electron chi connectivity index (χ0n) is 21.1. The second kappa shape index (κ2) is 14.7. The molecule has 0 amide bonds. The van der Waals surface area contributed by atoms with E-state index in [1.807, 2.05) is 30.3 Å². The molecule has 1 heterocycles. The number of benzene rings is 2. The van der Waals surface area contributed by atoms with Crippen molar-refractivity contribution >= 4 is 5.97 Å². The van der Waals surface area contributed by atoms with Gasteiger partial charge in [0, 0.05) is 5.56 Å². The lowest BCUT2D eigenvalue weighted by Crippen LogP contribution is -2.34. The van der Waals surface area contributed by atoms with Gasteiger partial charge in [-0.05, 0) is 49.4 Å². The van der Waals surface area contributed by atoms with E-state index in [1.165, 1.54) is 32.1 Å². The molecule has 1 saturated heterocycles. The van der Waals surface area contributed by atoms with Crippen LogP contribution in [0, 0.1) is 5.92 Å². The highest BCUT2D eigenvalue weighted by Crippen LogP contribution is 2.32. The summed E-state index contributed by atoms with van der Waals surface area (Å²) in [5.74, 6) is 1.72. The lowest BCUT2D eigenvalue weighted by Gasteiger charge is -2.28. The van der Waals surface area contributed by atoms with Gasteiger partial charge < -0.3 is 14.2 Å². The molecule has 34 heavy (non-hydrogen) atoms. The first-order valence-corrected chi connectivity index (χ1v) is 13.4. The number of ether oxygens (including phenoxy) is 3. The summed E-state index contributed by atoms with van der Waals surface area (Å²) in [7, 11) is 0. The molecule has 1 aliphatic rings. The minimum absolute atomic E-state index is 0.0573. The van der Waals surface area contributed by atoms with E-state index in [-0.39, 0.29) is 18.0 Å². The summed E-state index contributed by atoms with van der Waals surface area (Å²) >= 11 is 0. The normalized spacial score (nSPS) is 17.9. The van der Waals surface area contributed by atoms with Gasteiger partial charge >= 0.3 is 5.97 Å². The summed E-state index contributed by atoms with van der Waals surface area (Å²) in [6, 6.07) is 16.3. The Bertz CT molecular complexity index is 845. The molecule has 0 spiro atoms. The highest BCUT2D eigenvalue weighted by atomic mass is 16.6. The molecular weight excluding hydrogens is 424 g/mol. The molecule has 0 unspecified atom stereocenters. The highest BCUT2D eigenvalue weighted by molar-refractivity contribution is 5.73. The molecule has 2 aromatic rings. The van der Waals surface area contributed by atoms with Crippen LogP contribution in [0.3, 0.4) is 0 Å². The quantitative estimate of drug-likeness (QED) is 0.197. The molecule has 0 saturated carbocycles. The van der Waals surface area contributed by atoms with Crippen molar-refractivity contribution < 1.29 is 19.0 Å². The van der Waals surface area contributed by atoms with E-state index < -0.39 is 0 Å². The van der Waals surface area contributed by atoms with Crippen LogP contribution in [0.1, 0.15) is 84.5 Å². The number of carbonyl (C=O) groups excluding carboxylic acids is 1. The van der Waals surface area contributed by atoms with Gasteiger partial charge in [-0.2, -0.15) is 0 Å². The fourth-order valence-corrected chi connectivity index (χ4v) is 4.47. The fourth-order valence-electron chi connectivity index (χ4n) is 4.47. The number of rotatable bonds is 15. The maximum absolute atomic E-state index is 12.3. The van der Waals surface area contributed by atoms with Crippen molar-refractivity contribution in [3.63, 3.8) is 0 Å². The van der Waals surface area contributed by atoms with Crippen LogP contribution < -0.4 is 9.47 Å². The van der Waals surface area contributed by atoms with Gasteiger partial charge in [0.1, 0.15) is 24.2 Å². The Kier molecular flexibility index (Phi) is 11.3. The van der Waals surface area contributed by atoms with Crippen LogP contribution in [0.25, 0.3) is 11.1 Å². The van der Waals surface area contributed by atoms with E-state index in [2.05, 4.69) is 32.0 Å². The van der Waals surface area contributed by atoms with Gasteiger partial charge in [-0.25, -0.2) is 0 Å². The Balaban J connectivity index is 1.48. The van der Waals surface area contributed by atoms with Gasteiger partial charge in [0.05, 0.1) is 12.5 Å². The molecule has 3 rings (SSSR count). The van der Waals surface area contributed by atoms with Gasteiger partial charge in [-0.1, -0.05) is 89.1 Å². The third-order valence-corrected chi connectivity index (χ3v) is 6.60. The highest BCUT2D eigenvalue weighted by Gasteiger charge is 2.30. The molecule has 1 fully saturated rings. The van der Waals surface area contributed by atoms with Crippen LogP contribution in [0.15, 0.2) is 48.5 Å². The molecular formula is C30H42O4. The number of cyclic esters (lactones) is 1. The molecule has 0 N–H and O–H groups in total. The number of carbonyl (C=O) groups is 1. The Morgan fingerprint density at radius 1 is 0.824 bits per heavy atom. The van der Waals surface area contributed by atoms with Crippen LogP contribution in [0.2, 0.25) is 0 Å². The first-order valence-electron chi connectivity index (χ1n) is 13.4. The van der Waals surface area contributed by atoms with Crippen molar-refractivity contribution in [2.75, 3.05) is 13.2 Å². The van der Waals surface area contributed by atoms with Crippen molar-refractivity contribution in [2.24, 2.45) is 5.92 Å². The monoisotopic (exact) mass is 466 g/mol. The van der Waals surface area contributed by atoms with Crippen LogP contribution in [-0.2, 0) is 9.53 Å². The summed E-state index contributed by atoms with van der Waals surface area (Å²) in [5.41, 5.74) is 2.12. The minimum Gasteiger partial charge on any atom is -0.494 e. The molecule has 1 aliphatic heterocycles. The van der Waals surface area contributed by atoms with E-state index in [4.69, 9.17) is 14.2 Å². The molecule has 0 aliphatic carbocycles. The average molecular weight is 467 g/mol. The largest absolute Gasteiger partial charge is 0.494 e. The zero-order valence-corrected chi connectivity index (χ0v) is 21.1. The topological polar surface area (TPSA) is 44.8 Å². The summed E-state index contributed by atoms with van der Waals surface area (Å²) in [6.45, 7) is 5.56. The van der Waals surface area contributed by atoms with E-state index in [9.17, 15) is 4.79 Å². The molecule has 2 atom stereocenters. The standard InChI is InChI=1S/C30H42O4/c1-3-5-7-8-9-12-22-32-26-19-16-24(17-20-26)28-14-10-11-15-29(28)33-23-27-21-18-25(13-6-4-2)30(31)34-27/h10-11,14-17,19-20,25,27H,3-9,12-13,18,21-23H2,1-2H3/t25-,27-/m0/s1. The molecule has 0 aromatic heterocycles. The molecule has 0 radical (unpaired) electrons. The minimum atomic E-state index is -0.170. The van der Waals surface area contributed by atoms with Crippen molar-refractivity contribution in [3.05, 3.63) is 48.5 Å². The van der Waals surface area contributed by atoms with Crippen molar-refractivity contribution in [2.45, 2.75) is 90.6 Å². The summed E-state index contributed by atoms with van der Waals surface area (Å²) in [6.07, 6.45) is 12.3. The third kappa shape index (κ3) is 8.38. The predicted molar refractivity (Wildman–Crippen MR) is 138 cm³/mol. The van der Waals surface area contributed by atoms with Crippen LogP contribution in [0.5, 0.6) is 11.5 Å². The van der Waals surface area contributed by atoms with Crippen molar-refractivity contribution in [1.29, 1.82) is 0 Å². The Morgan fingerprint density at radius 3 is 2.32 bits per heavy atom. The Morgan fingerprint density at radius 2 is 1.56 bits per heavy atom. The van der Waals surface area contributed by atoms with Gasteiger partial charge in [0.15, 0.2) is 0 Å². The number of para-hydroxylation sites is 1. The number of hydrogen-bond donors (Lipinski definition) is 0. The predicted octanol–water partition coefficient (Wildman–Crippen LogP) is 7.98. The second-order valence-electron chi connectivity index (χ2n) is 9.42. The first kappa shape index (κ1) is 26.1. The van der Waals surface area contributed by atoms with E-state index in [0.717, 1.165) is 67.8 Å². The van der Waals surface area contributed by atoms with Crippen molar-refractivity contribution in [1.82, 2.24) is 0 Å². The zero-order chi connectivity index (χ0) is 24.0. The summed E-state index contributed by atoms with van der Waals surface area (Å²) < 4.78 is 17.7. The van der Waals surface area contributed by atoms with Gasteiger partial charge in [0.2, 0.25) is 0 Å². The van der Waals surface area contributed by atoms with Gasteiger partial charge in [-0.3, -0.25) is 4.79 Å². The van der Waals surface area contributed by atoms with E-state index in [0.29, 0.717) is 6.61 Å². The third-order valence-electron chi connectivity index (χ3n) is 6.60. The summed E-state index contributed by atoms with van der Waals surface area (Å²) in [4.78, 5) is 12.3. The Labute approximate surface area is 206 Å². The summed E-state index contributed by atoms with van der Waals surface area (Å²) in [5, 5.41) is 0. The number of unbranched alkanes of at least 4 members (excludes halogenated alkanes) is 6. The lowest BCUT2D eigenvalue weighted by molar-refractivity contribution is -0.162. The lowest BCUT2D eigenvalue weighted by atomic mass is 9.93. The van der Waals surface area contributed by atoms with E-state index >= 15 is 0 Å². The molecule has 0 bridgehead atoms. The SMILES string of the molecule is CCCCCCCCOc1ccc(-c2ccccc2OC[C@@H]2CC[C@H](CCCC)C(=O)O2)cc1. The maximum atomic E-state index is 12.3. The van der Waals surface area contributed by atoms with Crippen LogP contribution >= 0.6 is 0 Å². The number of esters is 1. The van der Waals surface area contributed by atoms with E-state index in [1.54, 1.807) is 0 Å². The van der Waals surface area contributed by atoms with Gasteiger partial charge in [-0.15, -0.1) is 0 Å². The van der Waals surface area contributed by atoms with Crippen LogP contribution in [-0.4, -0.2) is 25.3 Å². The Hall–Kier alpha value is -2.49. The molecule has 4 nitrogen and oxygen atoms in total. The molecule has 4 heteroatoms. The first-order chi connectivity index (χ1) is 16.7. The molecule has 186 valence electrons. The van der Waals surface area contributed by atoms with Crippen molar-refractivity contribution in [3.8, 4) is 22.6 Å². The smallest absolute Gasteiger partial charge is 0.309 e. The van der Waals surface area contributed by atoms with Gasteiger partial charge in [0.25, 0.3) is 0 Å².